The van der Waals surface area contributed by atoms with Crippen molar-refractivity contribution in [1.29, 1.82) is 0 Å². The second kappa shape index (κ2) is 5.40. The summed E-state index contributed by atoms with van der Waals surface area (Å²) in [5, 5.41) is 12.7. The van der Waals surface area contributed by atoms with Gasteiger partial charge in [0.2, 0.25) is 0 Å². The monoisotopic (exact) mass is 249 g/mol. The Bertz CT molecular complexity index is 439. The Hall–Kier alpha value is -1.55. The zero-order chi connectivity index (χ0) is 13.1. The number of aliphatic carboxylic acids is 1. The van der Waals surface area contributed by atoms with Gasteiger partial charge in [-0.05, 0) is 38.4 Å². The van der Waals surface area contributed by atoms with Gasteiger partial charge in [-0.3, -0.25) is 4.79 Å². The molecule has 2 N–H and O–H groups in total. The Balaban J connectivity index is 2.40. The van der Waals surface area contributed by atoms with Crippen molar-refractivity contribution in [3.63, 3.8) is 0 Å². The number of aryl methyl sites for hydroxylation is 1. The van der Waals surface area contributed by atoms with Crippen LogP contribution in [0.5, 0.6) is 5.75 Å². The van der Waals surface area contributed by atoms with Crippen LogP contribution in [0, 0.1) is 12.8 Å². The van der Waals surface area contributed by atoms with E-state index in [1.54, 1.807) is 7.11 Å². The van der Waals surface area contributed by atoms with E-state index in [2.05, 4.69) is 5.32 Å². The first-order valence-electron chi connectivity index (χ1n) is 6.21. The molecule has 2 rings (SSSR count). The lowest BCUT2D eigenvalue weighted by atomic mass is 9.84. The summed E-state index contributed by atoms with van der Waals surface area (Å²) in [6.07, 6.45) is 0.897. The largest absolute Gasteiger partial charge is 0.496 e. The standard InChI is InChI=1S/C14H19NO3/c1-9-3-4-12(18-2)11(7-9)13(14(16)17)10-5-6-15-8-10/h3-4,7,10,13,15H,5-6,8H2,1-2H3,(H,16,17). The molecule has 4 heteroatoms. The first-order valence-corrected chi connectivity index (χ1v) is 6.21. The van der Waals surface area contributed by atoms with E-state index in [1.165, 1.54) is 0 Å². The second-order valence-electron chi connectivity index (χ2n) is 4.81. The first-order chi connectivity index (χ1) is 8.63. The number of carboxylic acid groups (broad SMARTS) is 1. The van der Waals surface area contributed by atoms with Crippen LogP contribution in [-0.2, 0) is 4.79 Å². The van der Waals surface area contributed by atoms with Crippen molar-refractivity contribution in [2.24, 2.45) is 5.92 Å². The van der Waals surface area contributed by atoms with Crippen LogP contribution in [-0.4, -0.2) is 31.3 Å². The normalized spacial score (nSPS) is 20.7. The summed E-state index contributed by atoms with van der Waals surface area (Å²) in [4.78, 5) is 11.6. The lowest BCUT2D eigenvalue weighted by Gasteiger charge is -2.21. The molecule has 98 valence electrons. The molecular weight excluding hydrogens is 230 g/mol. The summed E-state index contributed by atoms with van der Waals surface area (Å²) in [5.74, 6) is -0.458. The lowest BCUT2D eigenvalue weighted by molar-refractivity contribution is -0.140. The van der Waals surface area contributed by atoms with Crippen LogP contribution in [0.4, 0.5) is 0 Å². The number of hydrogen-bond donors (Lipinski definition) is 2. The summed E-state index contributed by atoms with van der Waals surface area (Å²) >= 11 is 0. The Morgan fingerprint density at radius 2 is 2.33 bits per heavy atom. The van der Waals surface area contributed by atoms with Gasteiger partial charge in [0.25, 0.3) is 0 Å². The molecule has 1 aliphatic heterocycles. The molecular formula is C14H19NO3. The van der Waals surface area contributed by atoms with Gasteiger partial charge in [0.1, 0.15) is 5.75 Å². The highest BCUT2D eigenvalue weighted by Crippen LogP contribution is 2.35. The van der Waals surface area contributed by atoms with E-state index in [0.717, 1.165) is 30.6 Å². The van der Waals surface area contributed by atoms with E-state index >= 15 is 0 Å². The molecule has 18 heavy (non-hydrogen) atoms. The van der Waals surface area contributed by atoms with Crippen LogP contribution in [0.25, 0.3) is 0 Å². The molecule has 4 nitrogen and oxygen atoms in total. The Morgan fingerprint density at radius 3 is 2.89 bits per heavy atom. The Kier molecular flexibility index (Phi) is 3.87. The Labute approximate surface area is 107 Å². The molecule has 1 saturated heterocycles. The number of benzene rings is 1. The maximum atomic E-state index is 11.6. The highest BCUT2D eigenvalue weighted by Gasteiger charge is 2.33. The van der Waals surface area contributed by atoms with Gasteiger partial charge in [-0.25, -0.2) is 0 Å². The van der Waals surface area contributed by atoms with Crippen molar-refractivity contribution in [3.05, 3.63) is 29.3 Å². The van der Waals surface area contributed by atoms with E-state index in [4.69, 9.17) is 4.74 Å². The number of carbonyl (C=O) groups is 1. The predicted octanol–water partition coefficient (Wildman–Crippen LogP) is 1.78. The van der Waals surface area contributed by atoms with Crippen molar-refractivity contribution in [1.82, 2.24) is 5.32 Å². The topological polar surface area (TPSA) is 58.6 Å². The molecule has 1 aliphatic rings. The van der Waals surface area contributed by atoms with Crippen LogP contribution in [0.2, 0.25) is 0 Å². The van der Waals surface area contributed by atoms with Gasteiger partial charge in [0.15, 0.2) is 0 Å². The minimum absolute atomic E-state index is 0.137. The summed E-state index contributed by atoms with van der Waals surface area (Å²) in [5.41, 5.74) is 1.85. The summed E-state index contributed by atoms with van der Waals surface area (Å²) in [6, 6.07) is 5.72. The number of ether oxygens (including phenoxy) is 1. The second-order valence-corrected chi connectivity index (χ2v) is 4.81. The molecule has 0 saturated carbocycles. The minimum Gasteiger partial charge on any atom is -0.496 e. The summed E-state index contributed by atoms with van der Waals surface area (Å²) in [7, 11) is 1.58. The molecule has 0 spiro atoms. The number of hydrogen-bond acceptors (Lipinski definition) is 3. The SMILES string of the molecule is COc1ccc(C)cc1C(C(=O)O)C1CCNC1. The van der Waals surface area contributed by atoms with Crippen molar-refractivity contribution in [2.75, 3.05) is 20.2 Å². The van der Waals surface area contributed by atoms with Crippen molar-refractivity contribution in [2.45, 2.75) is 19.3 Å². The highest BCUT2D eigenvalue weighted by atomic mass is 16.5. The average molecular weight is 249 g/mol. The van der Waals surface area contributed by atoms with Crippen molar-refractivity contribution >= 4 is 5.97 Å². The molecule has 1 fully saturated rings. The Morgan fingerprint density at radius 1 is 1.56 bits per heavy atom. The quantitative estimate of drug-likeness (QED) is 0.854. The first kappa shape index (κ1) is 12.9. The molecule has 1 aromatic rings. The molecule has 0 bridgehead atoms. The zero-order valence-corrected chi connectivity index (χ0v) is 10.8. The van der Waals surface area contributed by atoms with Gasteiger partial charge in [-0.2, -0.15) is 0 Å². The lowest BCUT2D eigenvalue weighted by Crippen LogP contribution is -2.24. The van der Waals surface area contributed by atoms with Gasteiger partial charge in [-0.1, -0.05) is 17.7 Å². The van der Waals surface area contributed by atoms with Crippen LogP contribution >= 0.6 is 0 Å². The molecule has 2 atom stereocenters. The number of methoxy groups -OCH3 is 1. The molecule has 0 radical (unpaired) electrons. The predicted molar refractivity (Wildman–Crippen MR) is 69.1 cm³/mol. The van der Waals surface area contributed by atoms with Crippen molar-refractivity contribution in [3.8, 4) is 5.75 Å². The zero-order valence-electron chi connectivity index (χ0n) is 10.8. The van der Waals surface area contributed by atoms with Crippen LogP contribution in [0.15, 0.2) is 18.2 Å². The highest BCUT2D eigenvalue weighted by molar-refractivity contribution is 5.78. The van der Waals surface area contributed by atoms with Crippen molar-refractivity contribution < 1.29 is 14.6 Å². The summed E-state index contributed by atoms with van der Waals surface area (Å²) in [6.45, 7) is 3.62. The number of rotatable bonds is 4. The molecule has 2 unspecified atom stereocenters. The smallest absolute Gasteiger partial charge is 0.311 e. The summed E-state index contributed by atoms with van der Waals surface area (Å²) < 4.78 is 5.31. The third-order valence-corrected chi connectivity index (χ3v) is 3.56. The number of carboxylic acids is 1. The molecule has 0 aromatic heterocycles. The minimum atomic E-state index is -0.771. The fourth-order valence-corrected chi connectivity index (χ4v) is 2.65. The maximum absolute atomic E-state index is 11.6. The van der Waals surface area contributed by atoms with Gasteiger partial charge < -0.3 is 15.2 Å². The van der Waals surface area contributed by atoms with Crippen LogP contribution in [0.1, 0.15) is 23.5 Å². The van der Waals surface area contributed by atoms with E-state index in [-0.39, 0.29) is 5.92 Å². The fourth-order valence-electron chi connectivity index (χ4n) is 2.65. The van der Waals surface area contributed by atoms with Gasteiger partial charge >= 0.3 is 5.97 Å². The van der Waals surface area contributed by atoms with Gasteiger partial charge in [-0.15, -0.1) is 0 Å². The maximum Gasteiger partial charge on any atom is 0.311 e. The van der Waals surface area contributed by atoms with Gasteiger partial charge in [0.05, 0.1) is 13.0 Å². The fraction of sp³-hybridized carbons (Fsp3) is 0.500. The van der Waals surface area contributed by atoms with Crippen LogP contribution < -0.4 is 10.1 Å². The van der Waals surface area contributed by atoms with E-state index < -0.39 is 11.9 Å². The van der Waals surface area contributed by atoms with E-state index in [9.17, 15) is 9.90 Å². The van der Waals surface area contributed by atoms with E-state index in [1.807, 2.05) is 25.1 Å². The molecule has 1 heterocycles. The van der Waals surface area contributed by atoms with Crippen LogP contribution in [0.3, 0.4) is 0 Å². The molecule has 1 aromatic carbocycles. The molecule has 0 aliphatic carbocycles. The third-order valence-electron chi connectivity index (χ3n) is 3.56. The van der Waals surface area contributed by atoms with E-state index in [0.29, 0.717) is 5.75 Å². The molecule has 0 amide bonds. The average Bonchev–Trinajstić information content (AvgIpc) is 2.83. The third kappa shape index (κ3) is 2.48. The van der Waals surface area contributed by atoms with Gasteiger partial charge in [0, 0.05) is 5.56 Å². The number of nitrogens with one attached hydrogen (secondary N) is 1.